The predicted octanol–water partition coefficient (Wildman–Crippen LogP) is 2.61. The highest BCUT2D eigenvalue weighted by molar-refractivity contribution is 5.99. The van der Waals surface area contributed by atoms with Crippen LogP contribution in [-0.4, -0.2) is 34.5 Å². The third-order valence-corrected chi connectivity index (χ3v) is 3.27. The van der Waals surface area contributed by atoms with E-state index in [1.807, 2.05) is 36.7 Å². The molecule has 0 bridgehead atoms. The molecule has 0 radical (unpaired) electrons. The van der Waals surface area contributed by atoms with E-state index < -0.39 is 0 Å². The van der Waals surface area contributed by atoms with Crippen LogP contribution < -0.4 is 5.32 Å². The van der Waals surface area contributed by atoms with E-state index in [1.54, 1.807) is 19.0 Å². The van der Waals surface area contributed by atoms with Crippen molar-refractivity contribution < 1.29 is 4.79 Å². The molecule has 1 aromatic heterocycles. The summed E-state index contributed by atoms with van der Waals surface area (Å²) >= 11 is 0. The highest BCUT2D eigenvalue weighted by Crippen LogP contribution is 2.17. The van der Waals surface area contributed by atoms with Gasteiger partial charge < -0.3 is 14.8 Å². The van der Waals surface area contributed by atoms with Gasteiger partial charge in [-0.3, -0.25) is 4.79 Å². The van der Waals surface area contributed by atoms with Crippen LogP contribution in [0.15, 0.2) is 36.7 Å². The Bertz CT molecular complexity index is 604. The third-order valence-electron chi connectivity index (χ3n) is 3.27. The summed E-state index contributed by atoms with van der Waals surface area (Å²) in [5.74, 6) is 0.971. The fourth-order valence-electron chi connectivity index (χ4n) is 2.19. The van der Waals surface area contributed by atoms with Crippen molar-refractivity contribution in [3.8, 4) is 0 Å². The molecule has 0 spiro atoms. The number of hydrogen-bond acceptors (Lipinski definition) is 3. The van der Waals surface area contributed by atoms with E-state index in [-0.39, 0.29) is 5.91 Å². The Hall–Kier alpha value is -2.30. The van der Waals surface area contributed by atoms with Crippen molar-refractivity contribution in [1.82, 2.24) is 14.5 Å². The number of hydrogen-bond donors (Lipinski definition) is 1. The molecule has 0 unspecified atom stereocenters. The smallest absolute Gasteiger partial charge is 0.255 e. The minimum atomic E-state index is -0.00463. The molecule has 5 heteroatoms. The first-order valence-corrected chi connectivity index (χ1v) is 7.18. The van der Waals surface area contributed by atoms with Crippen molar-refractivity contribution in [2.45, 2.75) is 26.4 Å². The van der Waals surface area contributed by atoms with Crippen LogP contribution in [0.1, 0.15) is 29.5 Å². The number of carbonyl (C=O) groups is 1. The third kappa shape index (κ3) is 3.62. The van der Waals surface area contributed by atoms with Crippen LogP contribution >= 0.6 is 0 Å². The van der Waals surface area contributed by atoms with E-state index in [0.717, 1.165) is 24.5 Å². The zero-order valence-electron chi connectivity index (χ0n) is 12.8. The molecule has 0 aliphatic rings. The molecule has 2 aromatic rings. The van der Waals surface area contributed by atoms with E-state index in [2.05, 4.69) is 21.8 Å². The first-order valence-electron chi connectivity index (χ1n) is 7.18. The Kier molecular flexibility index (Phi) is 4.98. The van der Waals surface area contributed by atoms with Crippen molar-refractivity contribution in [3.05, 3.63) is 48.0 Å². The molecule has 112 valence electrons. The van der Waals surface area contributed by atoms with Crippen LogP contribution in [0.25, 0.3) is 0 Å². The van der Waals surface area contributed by atoms with Gasteiger partial charge in [0.1, 0.15) is 5.82 Å². The molecule has 1 aromatic carbocycles. The van der Waals surface area contributed by atoms with Gasteiger partial charge in [0.25, 0.3) is 5.91 Å². The van der Waals surface area contributed by atoms with Crippen LogP contribution in [0.3, 0.4) is 0 Å². The Labute approximate surface area is 125 Å². The number of imidazole rings is 1. The number of rotatable bonds is 6. The molecule has 0 fully saturated rings. The second-order valence-corrected chi connectivity index (χ2v) is 5.14. The monoisotopic (exact) mass is 286 g/mol. The van der Waals surface area contributed by atoms with Gasteiger partial charge in [-0.15, -0.1) is 0 Å². The van der Waals surface area contributed by atoms with Gasteiger partial charge in [-0.2, -0.15) is 0 Å². The van der Waals surface area contributed by atoms with Gasteiger partial charge in [-0.05, 0) is 18.6 Å². The molecular weight excluding hydrogens is 264 g/mol. The molecule has 0 saturated heterocycles. The molecule has 1 heterocycles. The Morgan fingerprint density at radius 1 is 1.33 bits per heavy atom. The molecular formula is C16H22N4O. The lowest BCUT2D eigenvalue weighted by molar-refractivity contribution is 0.0828. The van der Waals surface area contributed by atoms with Gasteiger partial charge in [0, 0.05) is 38.7 Å². The summed E-state index contributed by atoms with van der Waals surface area (Å²) in [5, 5.41) is 3.32. The van der Waals surface area contributed by atoms with Crippen LogP contribution in [-0.2, 0) is 13.1 Å². The summed E-state index contributed by atoms with van der Waals surface area (Å²) in [5.41, 5.74) is 1.51. The SMILES string of the molecule is CCCn1ccnc1CNc1ccccc1C(=O)N(C)C. The quantitative estimate of drug-likeness (QED) is 0.888. The van der Waals surface area contributed by atoms with Crippen LogP contribution in [0.4, 0.5) is 5.69 Å². The summed E-state index contributed by atoms with van der Waals surface area (Å²) < 4.78 is 2.13. The first kappa shape index (κ1) is 15.1. The zero-order valence-corrected chi connectivity index (χ0v) is 12.8. The van der Waals surface area contributed by atoms with E-state index >= 15 is 0 Å². The van der Waals surface area contributed by atoms with Crippen molar-refractivity contribution >= 4 is 11.6 Å². The van der Waals surface area contributed by atoms with Gasteiger partial charge >= 0.3 is 0 Å². The van der Waals surface area contributed by atoms with Gasteiger partial charge in [0.05, 0.1) is 12.1 Å². The second kappa shape index (κ2) is 6.92. The van der Waals surface area contributed by atoms with E-state index in [0.29, 0.717) is 12.1 Å². The maximum Gasteiger partial charge on any atom is 0.255 e. The summed E-state index contributed by atoms with van der Waals surface area (Å²) in [6, 6.07) is 7.56. The molecule has 0 atom stereocenters. The number of aryl methyl sites for hydroxylation is 1. The van der Waals surface area contributed by atoms with Crippen molar-refractivity contribution in [2.75, 3.05) is 19.4 Å². The van der Waals surface area contributed by atoms with Crippen LogP contribution in [0.5, 0.6) is 0 Å². The predicted molar refractivity (Wildman–Crippen MR) is 84.3 cm³/mol. The van der Waals surface area contributed by atoms with Gasteiger partial charge in [-0.25, -0.2) is 4.98 Å². The first-order chi connectivity index (χ1) is 10.1. The number of amides is 1. The zero-order chi connectivity index (χ0) is 15.2. The van der Waals surface area contributed by atoms with E-state index in [1.165, 1.54) is 0 Å². The lowest BCUT2D eigenvalue weighted by atomic mass is 10.1. The second-order valence-electron chi connectivity index (χ2n) is 5.14. The topological polar surface area (TPSA) is 50.2 Å². The number of nitrogens with zero attached hydrogens (tertiary/aromatic N) is 3. The maximum atomic E-state index is 12.2. The molecule has 1 N–H and O–H groups in total. The average molecular weight is 286 g/mol. The highest BCUT2D eigenvalue weighted by Gasteiger charge is 2.13. The van der Waals surface area contributed by atoms with Gasteiger partial charge in [0.15, 0.2) is 0 Å². The van der Waals surface area contributed by atoms with Gasteiger partial charge in [-0.1, -0.05) is 19.1 Å². The Morgan fingerprint density at radius 3 is 2.81 bits per heavy atom. The lowest BCUT2D eigenvalue weighted by Crippen LogP contribution is -2.23. The van der Waals surface area contributed by atoms with Crippen molar-refractivity contribution in [2.24, 2.45) is 0 Å². The maximum absolute atomic E-state index is 12.2. The Balaban J connectivity index is 2.13. The number of aromatic nitrogens is 2. The molecule has 5 nitrogen and oxygen atoms in total. The molecule has 0 aliphatic heterocycles. The molecule has 0 aliphatic carbocycles. The number of benzene rings is 1. The van der Waals surface area contributed by atoms with Gasteiger partial charge in [0.2, 0.25) is 0 Å². The molecule has 0 saturated carbocycles. The number of para-hydroxylation sites is 1. The number of carbonyl (C=O) groups excluding carboxylic acids is 1. The summed E-state index contributed by atoms with van der Waals surface area (Å²) in [7, 11) is 3.51. The fourth-order valence-corrected chi connectivity index (χ4v) is 2.19. The summed E-state index contributed by atoms with van der Waals surface area (Å²) in [6.07, 6.45) is 4.86. The summed E-state index contributed by atoms with van der Waals surface area (Å²) in [4.78, 5) is 18.1. The van der Waals surface area contributed by atoms with Crippen LogP contribution in [0.2, 0.25) is 0 Å². The largest absolute Gasteiger partial charge is 0.377 e. The number of anilines is 1. The minimum absolute atomic E-state index is 0.00463. The van der Waals surface area contributed by atoms with E-state index in [9.17, 15) is 4.79 Å². The van der Waals surface area contributed by atoms with Crippen molar-refractivity contribution in [1.29, 1.82) is 0 Å². The minimum Gasteiger partial charge on any atom is -0.377 e. The molecule has 2 rings (SSSR count). The van der Waals surface area contributed by atoms with Crippen molar-refractivity contribution in [3.63, 3.8) is 0 Å². The normalized spacial score (nSPS) is 10.4. The Morgan fingerprint density at radius 2 is 2.10 bits per heavy atom. The average Bonchev–Trinajstić information content (AvgIpc) is 2.92. The molecule has 21 heavy (non-hydrogen) atoms. The fraction of sp³-hybridized carbons (Fsp3) is 0.375. The number of nitrogens with one attached hydrogen (secondary N) is 1. The highest BCUT2D eigenvalue weighted by atomic mass is 16.2. The standard InChI is InChI=1S/C16H22N4O/c1-4-10-20-11-9-17-15(20)12-18-14-8-6-5-7-13(14)16(21)19(2)3/h5-9,11,18H,4,10,12H2,1-3H3. The lowest BCUT2D eigenvalue weighted by Gasteiger charge is -2.15. The summed E-state index contributed by atoms with van der Waals surface area (Å²) in [6.45, 7) is 3.70. The molecule has 1 amide bonds. The van der Waals surface area contributed by atoms with E-state index in [4.69, 9.17) is 0 Å². The van der Waals surface area contributed by atoms with Crippen LogP contribution in [0, 0.1) is 0 Å².